The summed E-state index contributed by atoms with van der Waals surface area (Å²) in [5, 5.41) is 2.85. The first kappa shape index (κ1) is 19.4. The van der Waals surface area contributed by atoms with E-state index in [4.69, 9.17) is 4.74 Å². The molecular formula is C17H25N3O4S. The largest absolute Gasteiger partial charge is 0.489 e. The van der Waals surface area contributed by atoms with Crippen molar-refractivity contribution in [2.45, 2.75) is 12.8 Å². The smallest absolute Gasteiger partial charge is 0.281 e. The molecular weight excluding hydrogens is 342 g/mol. The lowest BCUT2D eigenvalue weighted by atomic mass is 9.98. The highest BCUT2D eigenvalue weighted by molar-refractivity contribution is 7.86. The first-order valence-corrected chi connectivity index (χ1v) is 9.56. The lowest BCUT2D eigenvalue weighted by Gasteiger charge is -2.32. The number of benzene rings is 1. The highest BCUT2D eigenvalue weighted by Gasteiger charge is 2.33. The number of carbonyl (C=O) groups excluding carboxylic acids is 1. The Bertz CT molecular complexity index is 718. The Kier molecular flexibility index (Phi) is 6.57. The van der Waals surface area contributed by atoms with Crippen LogP contribution in [0.5, 0.6) is 5.75 Å². The number of ether oxygens (including phenoxy) is 1. The Morgan fingerprint density at radius 3 is 2.92 bits per heavy atom. The van der Waals surface area contributed by atoms with Gasteiger partial charge in [0.05, 0.1) is 5.92 Å². The fourth-order valence-corrected chi connectivity index (χ4v) is 3.85. The molecule has 2 rings (SSSR count). The van der Waals surface area contributed by atoms with Gasteiger partial charge in [-0.1, -0.05) is 18.7 Å². The third-order valence-corrected chi connectivity index (χ3v) is 5.92. The topological polar surface area (TPSA) is 79.0 Å². The Morgan fingerprint density at radius 2 is 2.24 bits per heavy atom. The van der Waals surface area contributed by atoms with E-state index in [-0.39, 0.29) is 18.4 Å². The highest BCUT2D eigenvalue weighted by atomic mass is 32.2. The van der Waals surface area contributed by atoms with Gasteiger partial charge in [0.1, 0.15) is 12.4 Å². The number of piperidine rings is 1. The van der Waals surface area contributed by atoms with Gasteiger partial charge in [-0.2, -0.15) is 17.0 Å². The van der Waals surface area contributed by atoms with Crippen LogP contribution in [0.25, 0.3) is 0 Å². The van der Waals surface area contributed by atoms with E-state index in [1.165, 1.54) is 22.7 Å². The fourth-order valence-electron chi connectivity index (χ4n) is 2.66. The zero-order valence-electron chi connectivity index (χ0n) is 14.6. The van der Waals surface area contributed by atoms with Crippen LogP contribution in [0.2, 0.25) is 0 Å². The third kappa shape index (κ3) is 5.04. The van der Waals surface area contributed by atoms with E-state index in [9.17, 15) is 13.2 Å². The molecule has 1 atom stereocenters. The molecule has 7 nitrogen and oxygen atoms in total. The first-order chi connectivity index (χ1) is 11.8. The standard InChI is InChI=1S/C17H25N3O4S/c1-4-11-24-16-9-5-8-15(12-16)18-17(21)14-7-6-10-20(13-14)25(22,23)19(2)3/h4-5,8-9,12,14H,1,6-7,10-11,13H2,2-3H3,(H,18,21). The van der Waals surface area contributed by atoms with Gasteiger partial charge in [0.25, 0.3) is 10.2 Å². The van der Waals surface area contributed by atoms with Crippen LogP contribution >= 0.6 is 0 Å². The van der Waals surface area contributed by atoms with Gasteiger partial charge >= 0.3 is 0 Å². The molecule has 1 fully saturated rings. The molecule has 0 saturated carbocycles. The van der Waals surface area contributed by atoms with Crippen LogP contribution in [0.4, 0.5) is 5.69 Å². The van der Waals surface area contributed by atoms with Crippen molar-refractivity contribution in [2.24, 2.45) is 5.92 Å². The third-order valence-electron chi connectivity index (χ3n) is 4.01. The molecule has 8 heteroatoms. The molecule has 1 N–H and O–H groups in total. The first-order valence-electron chi connectivity index (χ1n) is 8.17. The molecule has 1 amide bonds. The van der Waals surface area contributed by atoms with Gasteiger partial charge in [-0.05, 0) is 25.0 Å². The Morgan fingerprint density at radius 1 is 1.48 bits per heavy atom. The summed E-state index contributed by atoms with van der Waals surface area (Å²) < 4.78 is 32.5. The predicted octanol–water partition coefficient (Wildman–Crippen LogP) is 1.71. The molecule has 1 heterocycles. The summed E-state index contributed by atoms with van der Waals surface area (Å²) in [6.07, 6.45) is 2.97. The number of rotatable bonds is 7. The van der Waals surface area contributed by atoms with Gasteiger partial charge in [-0.3, -0.25) is 4.79 Å². The van der Waals surface area contributed by atoms with E-state index >= 15 is 0 Å². The summed E-state index contributed by atoms with van der Waals surface area (Å²) in [5.41, 5.74) is 0.624. The average molecular weight is 367 g/mol. The van der Waals surface area contributed by atoms with Crippen molar-refractivity contribution in [3.05, 3.63) is 36.9 Å². The number of hydrogen-bond donors (Lipinski definition) is 1. The minimum absolute atomic E-state index is 0.181. The normalized spacial score (nSPS) is 18.8. The van der Waals surface area contributed by atoms with Crippen molar-refractivity contribution >= 4 is 21.8 Å². The van der Waals surface area contributed by atoms with Crippen LogP contribution in [0.1, 0.15) is 12.8 Å². The number of carbonyl (C=O) groups is 1. The maximum Gasteiger partial charge on any atom is 0.281 e. The van der Waals surface area contributed by atoms with E-state index < -0.39 is 10.2 Å². The molecule has 138 valence electrons. The highest BCUT2D eigenvalue weighted by Crippen LogP contribution is 2.23. The van der Waals surface area contributed by atoms with E-state index in [1.807, 2.05) is 0 Å². The van der Waals surface area contributed by atoms with E-state index in [0.29, 0.717) is 37.4 Å². The van der Waals surface area contributed by atoms with E-state index in [0.717, 1.165) is 0 Å². The van der Waals surface area contributed by atoms with Gasteiger partial charge in [0.15, 0.2) is 0 Å². The average Bonchev–Trinajstić information content (AvgIpc) is 2.60. The number of hydrogen-bond acceptors (Lipinski definition) is 4. The van der Waals surface area contributed by atoms with Crippen molar-refractivity contribution in [2.75, 3.05) is 39.1 Å². The van der Waals surface area contributed by atoms with Crippen molar-refractivity contribution in [3.63, 3.8) is 0 Å². The van der Waals surface area contributed by atoms with Crippen LogP contribution in [0.3, 0.4) is 0 Å². The Balaban J connectivity index is 2.02. The lowest BCUT2D eigenvalue weighted by molar-refractivity contribution is -0.120. The monoisotopic (exact) mass is 367 g/mol. The van der Waals surface area contributed by atoms with Crippen LogP contribution in [-0.2, 0) is 15.0 Å². The van der Waals surface area contributed by atoms with Crippen molar-refractivity contribution in [1.82, 2.24) is 8.61 Å². The zero-order chi connectivity index (χ0) is 18.4. The second-order valence-corrected chi connectivity index (χ2v) is 8.25. The van der Waals surface area contributed by atoms with Crippen LogP contribution in [0, 0.1) is 5.92 Å². The molecule has 0 bridgehead atoms. The lowest BCUT2D eigenvalue weighted by Crippen LogP contribution is -2.47. The molecule has 0 aliphatic carbocycles. The van der Waals surface area contributed by atoms with Gasteiger partial charge < -0.3 is 10.1 Å². The number of nitrogens with zero attached hydrogens (tertiary/aromatic N) is 2. The van der Waals surface area contributed by atoms with Crippen LogP contribution < -0.4 is 10.1 Å². The van der Waals surface area contributed by atoms with E-state index in [2.05, 4.69) is 11.9 Å². The number of anilines is 1. The summed E-state index contributed by atoms with van der Waals surface area (Å²) >= 11 is 0. The van der Waals surface area contributed by atoms with Gasteiger partial charge in [-0.25, -0.2) is 0 Å². The molecule has 1 aliphatic heterocycles. The zero-order valence-corrected chi connectivity index (χ0v) is 15.5. The molecule has 1 unspecified atom stereocenters. The van der Waals surface area contributed by atoms with Gasteiger partial charge in [-0.15, -0.1) is 0 Å². The predicted molar refractivity (Wildman–Crippen MR) is 97.7 cm³/mol. The molecule has 0 spiro atoms. The molecule has 1 aromatic carbocycles. The van der Waals surface area contributed by atoms with Gasteiger partial charge in [0.2, 0.25) is 5.91 Å². The van der Waals surface area contributed by atoms with Crippen LogP contribution in [0.15, 0.2) is 36.9 Å². The quantitative estimate of drug-likeness (QED) is 0.744. The van der Waals surface area contributed by atoms with Crippen molar-refractivity contribution < 1.29 is 17.9 Å². The summed E-state index contributed by atoms with van der Waals surface area (Å²) in [5.74, 6) is 0.0823. The second kappa shape index (κ2) is 8.46. The van der Waals surface area contributed by atoms with Crippen molar-refractivity contribution in [1.29, 1.82) is 0 Å². The molecule has 0 radical (unpaired) electrons. The molecule has 0 aromatic heterocycles. The molecule has 1 aromatic rings. The molecule has 25 heavy (non-hydrogen) atoms. The Hall–Kier alpha value is -1.90. The SMILES string of the molecule is C=CCOc1cccc(NC(=O)C2CCCN(S(=O)(=O)N(C)C)C2)c1. The molecule has 1 aliphatic rings. The summed E-state index contributed by atoms with van der Waals surface area (Å²) in [4.78, 5) is 12.5. The van der Waals surface area contributed by atoms with Crippen LogP contribution in [-0.4, -0.2) is 56.7 Å². The van der Waals surface area contributed by atoms with E-state index in [1.54, 1.807) is 30.3 Å². The molecule has 1 saturated heterocycles. The summed E-state index contributed by atoms with van der Waals surface area (Å²) in [6.45, 7) is 4.61. The number of nitrogens with one attached hydrogen (secondary N) is 1. The number of amides is 1. The fraction of sp³-hybridized carbons (Fsp3) is 0.471. The Labute approximate surface area is 149 Å². The maximum absolute atomic E-state index is 12.5. The minimum atomic E-state index is -3.50. The second-order valence-electron chi connectivity index (χ2n) is 6.10. The summed E-state index contributed by atoms with van der Waals surface area (Å²) in [7, 11) is -0.511. The van der Waals surface area contributed by atoms with Crippen molar-refractivity contribution in [3.8, 4) is 5.75 Å². The minimum Gasteiger partial charge on any atom is -0.489 e. The maximum atomic E-state index is 12.5. The summed E-state index contributed by atoms with van der Waals surface area (Å²) in [6, 6.07) is 7.09. The van der Waals surface area contributed by atoms with Gasteiger partial charge in [0, 0.05) is 38.9 Å².